The second-order valence-corrected chi connectivity index (χ2v) is 18.6. The van der Waals surface area contributed by atoms with E-state index < -0.39 is 44.7 Å². The Balaban J connectivity index is 2.51. The Morgan fingerprint density at radius 3 is 2.05 bits per heavy atom. The van der Waals surface area contributed by atoms with Crippen LogP contribution in [-0.4, -0.2) is 98.2 Å². The Hall–Kier alpha value is -2.70. The molecule has 1 saturated carbocycles. The van der Waals surface area contributed by atoms with Crippen molar-refractivity contribution in [3.63, 3.8) is 0 Å². The maximum atomic E-state index is 12.7. The van der Waals surface area contributed by atoms with E-state index in [1.165, 1.54) is 19.3 Å². The van der Waals surface area contributed by atoms with Crippen molar-refractivity contribution in [2.24, 2.45) is 11.8 Å². The molecule has 0 aromatic heterocycles. The van der Waals surface area contributed by atoms with Gasteiger partial charge in [-0.3, -0.25) is 18.9 Å². The molecule has 1 rings (SSSR count). The van der Waals surface area contributed by atoms with Crippen molar-refractivity contribution in [1.82, 2.24) is 0 Å². The first-order chi connectivity index (χ1) is 29.2. The van der Waals surface area contributed by atoms with E-state index in [0.717, 1.165) is 64.2 Å². The van der Waals surface area contributed by atoms with Crippen molar-refractivity contribution in [1.29, 1.82) is 0 Å². The van der Waals surface area contributed by atoms with Crippen molar-refractivity contribution >= 4 is 25.5 Å². The first-order valence-electron chi connectivity index (χ1n) is 23.1. The highest BCUT2D eigenvalue weighted by atomic mass is 31.2. The van der Waals surface area contributed by atoms with Crippen LogP contribution in [0.5, 0.6) is 0 Å². The highest BCUT2D eigenvalue weighted by Crippen LogP contribution is 2.38. The fourth-order valence-corrected chi connectivity index (χ4v) is 7.37. The molecule has 0 radical (unpaired) electrons. The number of rotatable bonds is 37. The number of phosphoric ester groups is 1. The van der Waals surface area contributed by atoms with Gasteiger partial charge in [-0.1, -0.05) is 120 Å². The summed E-state index contributed by atoms with van der Waals surface area (Å²) in [5, 5.41) is 20.7. The minimum Gasteiger partial charge on any atom is -0.756 e. The topological polar surface area (TPSA) is 169 Å². The second kappa shape index (κ2) is 34.7. The number of hydrogen-bond acceptors (Lipinski definition) is 11. The molecule has 0 aromatic rings. The number of ketones is 1. The summed E-state index contributed by atoms with van der Waals surface area (Å²) in [5.41, 5.74) is 0. The molecule has 0 amide bonds. The van der Waals surface area contributed by atoms with Gasteiger partial charge in [-0.25, -0.2) is 0 Å². The van der Waals surface area contributed by atoms with Crippen LogP contribution in [-0.2, 0) is 37.5 Å². The molecule has 1 unspecified atom stereocenters. The third-order valence-corrected chi connectivity index (χ3v) is 11.3. The number of aliphatic hydroxyl groups is 2. The summed E-state index contributed by atoms with van der Waals surface area (Å²) in [5.74, 6) is -1.79. The number of nitrogens with zero attached hydrogens (tertiary/aromatic N) is 1. The lowest BCUT2D eigenvalue weighted by Crippen LogP contribution is -2.37. The number of ether oxygens (including phenoxy) is 2. The van der Waals surface area contributed by atoms with Crippen molar-refractivity contribution < 1.29 is 57.1 Å². The maximum Gasteiger partial charge on any atom is 0.306 e. The zero-order valence-corrected chi connectivity index (χ0v) is 39.2. The molecular weight excluding hydrogens is 797 g/mol. The number of allylic oxidation sites excluding steroid dienone is 8. The Labute approximate surface area is 368 Å². The summed E-state index contributed by atoms with van der Waals surface area (Å²) in [4.78, 5) is 50.3. The minimum atomic E-state index is -4.70. The van der Waals surface area contributed by atoms with Gasteiger partial charge in [0.05, 0.1) is 40.0 Å². The van der Waals surface area contributed by atoms with Gasteiger partial charge < -0.3 is 38.1 Å². The number of carbonyl (C=O) groups is 3. The van der Waals surface area contributed by atoms with Crippen LogP contribution in [0.3, 0.4) is 0 Å². The Morgan fingerprint density at radius 1 is 0.787 bits per heavy atom. The van der Waals surface area contributed by atoms with Crippen LogP contribution in [0.4, 0.5) is 0 Å². The SMILES string of the molecule is CCCCC/C=C\C/C=C\C/C=C\CCCCCCC(=O)O[C@H](COC(=O)CCC/C=C\C[C@H]1C(=O)C[C@@H](O)[C@@H]1/C=C/[C@@H](O)CCCCC)COP(=O)([O-])OCC[N+](C)(C)C. The highest BCUT2D eigenvalue weighted by molar-refractivity contribution is 7.45. The summed E-state index contributed by atoms with van der Waals surface area (Å²) in [7, 11) is 0.993. The second-order valence-electron chi connectivity index (χ2n) is 17.2. The molecular formula is C48H82NO11P. The maximum absolute atomic E-state index is 12.7. The van der Waals surface area contributed by atoms with Crippen molar-refractivity contribution in [3.05, 3.63) is 60.8 Å². The number of hydrogen-bond donors (Lipinski definition) is 2. The number of likely N-dealkylation sites (N-methyl/N-ethyl adjacent to an activating group) is 1. The zero-order chi connectivity index (χ0) is 45.2. The predicted molar refractivity (Wildman–Crippen MR) is 241 cm³/mol. The third kappa shape index (κ3) is 31.7. The van der Waals surface area contributed by atoms with Crippen LogP contribution in [0.2, 0.25) is 0 Å². The van der Waals surface area contributed by atoms with E-state index in [1.807, 2.05) is 33.3 Å². The number of aliphatic hydroxyl groups excluding tert-OH is 2. The van der Waals surface area contributed by atoms with Crippen LogP contribution in [0.25, 0.3) is 0 Å². The summed E-state index contributed by atoms with van der Waals surface area (Å²) < 4.78 is 33.8. The number of carbonyl (C=O) groups excluding carboxylic acids is 3. The lowest BCUT2D eigenvalue weighted by atomic mass is 9.90. The highest BCUT2D eigenvalue weighted by Gasteiger charge is 2.39. The van der Waals surface area contributed by atoms with Crippen molar-refractivity contribution in [2.75, 3.05) is 47.5 Å². The van der Waals surface area contributed by atoms with Crippen LogP contribution < -0.4 is 4.89 Å². The van der Waals surface area contributed by atoms with Crippen LogP contribution >= 0.6 is 7.82 Å². The molecule has 13 heteroatoms. The van der Waals surface area contributed by atoms with Gasteiger partial charge in [0.15, 0.2) is 6.10 Å². The molecule has 350 valence electrons. The summed E-state index contributed by atoms with van der Waals surface area (Å²) >= 11 is 0. The Bertz CT molecular complexity index is 1390. The number of quaternary nitrogens is 1. The average Bonchev–Trinajstić information content (AvgIpc) is 3.47. The van der Waals surface area contributed by atoms with Crippen LogP contribution in [0, 0.1) is 11.8 Å². The lowest BCUT2D eigenvalue weighted by molar-refractivity contribution is -0.870. The van der Waals surface area contributed by atoms with E-state index in [1.54, 1.807) is 12.2 Å². The smallest absolute Gasteiger partial charge is 0.306 e. The Morgan fingerprint density at radius 2 is 1.38 bits per heavy atom. The van der Waals surface area contributed by atoms with Gasteiger partial charge in [-0.05, 0) is 70.6 Å². The standard InChI is InChI=1S/C48H82NO11P/c1-6-8-10-11-12-13-14-15-16-17-18-19-20-21-22-23-29-33-48(54)60-42(40-59-61(55,56)58-37-36-49(3,4)5)39-57-47(53)32-28-25-24-27-31-43-44(46(52)38-45(43)51)35-34-41(50)30-26-9-7-2/h12-13,15-16,18-19,24,27,34-35,41-44,46,50,52H,6-11,14,17,20-23,25-26,28-33,36-40H2,1-5H3/b13-12-,16-15-,19-18-,27-24-,35-34+/t41-,42+,43+,44+,46+/m0/s1. The first kappa shape index (κ1) is 56.3. The van der Waals surface area contributed by atoms with Gasteiger partial charge in [0.25, 0.3) is 7.82 Å². The number of phosphoric acid groups is 1. The van der Waals surface area contributed by atoms with Gasteiger partial charge in [0, 0.05) is 31.1 Å². The number of unbranched alkanes of at least 4 members (excludes halogenated alkanes) is 10. The van der Waals surface area contributed by atoms with Crippen molar-refractivity contribution in [2.45, 2.75) is 167 Å². The molecule has 2 N–H and O–H groups in total. The third-order valence-electron chi connectivity index (χ3n) is 10.4. The van der Waals surface area contributed by atoms with Gasteiger partial charge in [0.1, 0.15) is 25.5 Å². The summed E-state index contributed by atoms with van der Waals surface area (Å²) in [6.45, 7) is 3.74. The molecule has 61 heavy (non-hydrogen) atoms. The van der Waals surface area contributed by atoms with Crippen LogP contribution in [0.1, 0.15) is 149 Å². The van der Waals surface area contributed by atoms with Gasteiger partial charge in [-0.2, -0.15) is 0 Å². The quantitative estimate of drug-likeness (QED) is 0.0201. The van der Waals surface area contributed by atoms with E-state index in [9.17, 15) is 34.1 Å². The predicted octanol–water partition coefficient (Wildman–Crippen LogP) is 9.20. The largest absolute Gasteiger partial charge is 0.756 e. The van der Waals surface area contributed by atoms with Gasteiger partial charge in [-0.15, -0.1) is 0 Å². The molecule has 12 nitrogen and oxygen atoms in total. The number of Topliss-reactive ketones (excluding diaryl/α,β-unsaturated/α-hetero) is 1. The van der Waals surface area contributed by atoms with E-state index in [4.69, 9.17) is 18.5 Å². The summed E-state index contributed by atoms with van der Waals surface area (Å²) in [6, 6.07) is 0. The zero-order valence-electron chi connectivity index (χ0n) is 38.3. The van der Waals surface area contributed by atoms with E-state index in [2.05, 4.69) is 50.3 Å². The van der Waals surface area contributed by atoms with Crippen molar-refractivity contribution in [3.8, 4) is 0 Å². The molecule has 1 aliphatic carbocycles. The van der Waals surface area contributed by atoms with E-state index >= 15 is 0 Å². The first-order valence-corrected chi connectivity index (χ1v) is 24.6. The Kier molecular flexibility index (Phi) is 32.1. The molecule has 1 fully saturated rings. The van der Waals surface area contributed by atoms with Gasteiger partial charge in [0.2, 0.25) is 0 Å². The minimum absolute atomic E-state index is 0.00575. The molecule has 0 aliphatic heterocycles. The van der Waals surface area contributed by atoms with Crippen LogP contribution in [0.15, 0.2) is 60.8 Å². The molecule has 0 spiro atoms. The molecule has 0 bridgehead atoms. The fourth-order valence-electron chi connectivity index (χ4n) is 6.64. The molecule has 1 aliphatic rings. The molecule has 0 saturated heterocycles. The van der Waals surface area contributed by atoms with E-state index in [-0.39, 0.29) is 50.1 Å². The molecule has 0 heterocycles. The fraction of sp³-hybridized carbons (Fsp3) is 0.729. The lowest BCUT2D eigenvalue weighted by Gasteiger charge is -2.28. The summed E-state index contributed by atoms with van der Waals surface area (Å²) in [6.07, 6.45) is 34.7. The van der Waals surface area contributed by atoms with Gasteiger partial charge >= 0.3 is 11.9 Å². The molecule has 0 aromatic carbocycles. The van der Waals surface area contributed by atoms with E-state index in [0.29, 0.717) is 43.1 Å². The number of esters is 2. The normalized spacial score (nSPS) is 19.5. The molecule has 6 atom stereocenters. The average molecular weight is 880 g/mol. The monoisotopic (exact) mass is 880 g/mol.